The van der Waals surface area contributed by atoms with Gasteiger partial charge in [-0.3, -0.25) is 9.79 Å². The summed E-state index contributed by atoms with van der Waals surface area (Å²) in [5.74, 6) is 0.759. The van der Waals surface area contributed by atoms with Crippen LogP contribution in [-0.4, -0.2) is 57.7 Å². The highest BCUT2D eigenvalue weighted by Gasteiger charge is 2.36. The number of nitrogens with zero attached hydrogens (tertiary/aromatic N) is 2. The van der Waals surface area contributed by atoms with Gasteiger partial charge in [0.05, 0.1) is 19.1 Å². The first-order valence-electron chi connectivity index (χ1n) is 8.21. The third kappa shape index (κ3) is 4.26. The number of carbonyl (C=O) groups is 1. The van der Waals surface area contributed by atoms with Gasteiger partial charge in [0.25, 0.3) is 0 Å². The Morgan fingerprint density at radius 3 is 2.62 bits per heavy atom. The second-order valence-corrected chi connectivity index (χ2v) is 6.08. The molecule has 1 aliphatic rings. The fraction of sp³-hybridized carbons (Fsp3) is 0.556. The number of aliphatic imine (C=N–C) groups is 1. The first kappa shape index (κ1) is 18.3. The molecule has 24 heavy (non-hydrogen) atoms. The number of hydrogen-bond donors (Lipinski definition) is 1. The minimum Gasteiger partial charge on any atom is -0.469 e. The quantitative estimate of drug-likeness (QED) is 0.505. The standard InChI is InChI=1S/C18H27N3O3/c1-13-11-21(12-15(13)17(22)24-4)18(19-2)20-10-16(23-3)14-8-6-5-7-9-14/h5-9,13,15-16H,10-12H2,1-4H3,(H,19,20). The Balaban J connectivity index is 1.97. The summed E-state index contributed by atoms with van der Waals surface area (Å²) in [5.41, 5.74) is 1.12. The van der Waals surface area contributed by atoms with Crippen molar-refractivity contribution in [3.05, 3.63) is 35.9 Å². The molecule has 132 valence electrons. The fourth-order valence-electron chi connectivity index (χ4n) is 3.12. The molecular formula is C18H27N3O3. The highest BCUT2D eigenvalue weighted by atomic mass is 16.5. The number of nitrogens with one attached hydrogen (secondary N) is 1. The molecule has 2 rings (SSSR count). The van der Waals surface area contributed by atoms with E-state index >= 15 is 0 Å². The van der Waals surface area contributed by atoms with E-state index in [2.05, 4.69) is 22.1 Å². The van der Waals surface area contributed by atoms with E-state index in [0.29, 0.717) is 13.1 Å². The number of guanidine groups is 1. The van der Waals surface area contributed by atoms with Crippen molar-refractivity contribution < 1.29 is 14.3 Å². The molecule has 1 aromatic rings. The lowest BCUT2D eigenvalue weighted by atomic mass is 9.99. The lowest BCUT2D eigenvalue weighted by molar-refractivity contribution is -0.145. The van der Waals surface area contributed by atoms with Crippen LogP contribution in [0.3, 0.4) is 0 Å². The van der Waals surface area contributed by atoms with Gasteiger partial charge in [0.15, 0.2) is 5.96 Å². The van der Waals surface area contributed by atoms with Crippen LogP contribution in [0, 0.1) is 11.8 Å². The van der Waals surface area contributed by atoms with Crippen molar-refractivity contribution in [3.8, 4) is 0 Å². The van der Waals surface area contributed by atoms with Crippen molar-refractivity contribution in [1.82, 2.24) is 10.2 Å². The zero-order chi connectivity index (χ0) is 17.5. The van der Waals surface area contributed by atoms with E-state index in [4.69, 9.17) is 9.47 Å². The molecule has 1 aliphatic heterocycles. The molecule has 3 atom stereocenters. The SMILES string of the molecule is CN=C(NCC(OC)c1ccccc1)N1CC(C)C(C(=O)OC)C1. The van der Waals surface area contributed by atoms with Gasteiger partial charge >= 0.3 is 5.97 Å². The topological polar surface area (TPSA) is 63.2 Å². The summed E-state index contributed by atoms with van der Waals surface area (Å²) in [5, 5.41) is 3.36. The smallest absolute Gasteiger partial charge is 0.310 e. The molecule has 0 amide bonds. The lowest BCUT2D eigenvalue weighted by Crippen LogP contribution is -2.42. The van der Waals surface area contributed by atoms with E-state index in [-0.39, 0.29) is 23.9 Å². The van der Waals surface area contributed by atoms with Crippen LogP contribution in [0.1, 0.15) is 18.6 Å². The van der Waals surface area contributed by atoms with E-state index < -0.39 is 0 Å². The van der Waals surface area contributed by atoms with Gasteiger partial charge in [-0.2, -0.15) is 0 Å². The average molecular weight is 333 g/mol. The predicted molar refractivity (Wildman–Crippen MR) is 93.8 cm³/mol. The largest absolute Gasteiger partial charge is 0.469 e. The summed E-state index contributed by atoms with van der Waals surface area (Å²) in [6, 6.07) is 10.1. The molecule has 0 saturated carbocycles. The van der Waals surface area contributed by atoms with Crippen molar-refractivity contribution in [2.24, 2.45) is 16.8 Å². The number of likely N-dealkylation sites (tertiary alicyclic amines) is 1. The maximum absolute atomic E-state index is 11.8. The highest BCUT2D eigenvalue weighted by molar-refractivity contribution is 5.82. The Hall–Kier alpha value is -2.08. The molecule has 0 aromatic heterocycles. The predicted octanol–water partition coefficient (Wildman–Crippen LogP) is 1.69. The van der Waals surface area contributed by atoms with Crippen LogP contribution >= 0.6 is 0 Å². The average Bonchev–Trinajstić information content (AvgIpc) is 3.00. The molecule has 0 radical (unpaired) electrons. The van der Waals surface area contributed by atoms with Gasteiger partial charge in [0.2, 0.25) is 0 Å². The van der Waals surface area contributed by atoms with Crippen LogP contribution in [0.15, 0.2) is 35.3 Å². The summed E-state index contributed by atoms with van der Waals surface area (Å²) in [4.78, 5) is 18.3. The van der Waals surface area contributed by atoms with Crippen LogP contribution in [0.25, 0.3) is 0 Å². The summed E-state index contributed by atoms with van der Waals surface area (Å²) >= 11 is 0. The monoisotopic (exact) mass is 333 g/mol. The summed E-state index contributed by atoms with van der Waals surface area (Å²) in [6.07, 6.45) is -0.0561. The molecule has 1 fully saturated rings. The van der Waals surface area contributed by atoms with Gasteiger partial charge in [0.1, 0.15) is 0 Å². The molecule has 3 unspecified atom stereocenters. The van der Waals surface area contributed by atoms with Crippen molar-refractivity contribution in [2.45, 2.75) is 13.0 Å². The number of esters is 1. The van der Waals surface area contributed by atoms with E-state index in [1.165, 1.54) is 7.11 Å². The van der Waals surface area contributed by atoms with Crippen molar-refractivity contribution in [1.29, 1.82) is 0 Å². The Kier molecular flexibility index (Phi) is 6.61. The second-order valence-electron chi connectivity index (χ2n) is 6.08. The summed E-state index contributed by atoms with van der Waals surface area (Å²) in [7, 11) is 4.89. The second kappa shape index (κ2) is 8.68. The van der Waals surface area contributed by atoms with Crippen LogP contribution in [-0.2, 0) is 14.3 Å². The molecular weight excluding hydrogens is 306 g/mol. The number of benzene rings is 1. The zero-order valence-corrected chi connectivity index (χ0v) is 14.9. The van der Waals surface area contributed by atoms with Gasteiger partial charge in [-0.1, -0.05) is 37.3 Å². The molecule has 6 heteroatoms. The van der Waals surface area contributed by atoms with Crippen molar-refractivity contribution in [3.63, 3.8) is 0 Å². The Morgan fingerprint density at radius 2 is 2.04 bits per heavy atom. The first-order valence-corrected chi connectivity index (χ1v) is 8.21. The Bertz CT molecular complexity index is 562. The maximum Gasteiger partial charge on any atom is 0.310 e. The molecule has 0 aliphatic carbocycles. The molecule has 1 N–H and O–H groups in total. The molecule has 6 nitrogen and oxygen atoms in total. The van der Waals surface area contributed by atoms with Crippen molar-refractivity contribution in [2.75, 3.05) is 40.9 Å². The van der Waals surface area contributed by atoms with Gasteiger partial charge in [-0.25, -0.2) is 0 Å². The molecule has 0 bridgehead atoms. The minimum absolute atomic E-state index is 0.0561. The van der Waals surface area contributed by atoms with Gasteiger partial charge in [-0.05, 0) is 11.5 Å². The van der Waals surface area contributed by atoms with Gasteiger partial charge < -0.3 is 19.7 Å². The fourth-order valence-corrected chi connectivity index (χ4v) is 3.12. The normalized spacial score (nSPS) is 22.3. The molecule has 1 heterocycles. The number of carbonyl (C=O) groups excluding carboxylic acids is 1. The van der Waals surface area contributed by atoms with Gasteiger partial charge in [-0.15, -0.1) is 0 Å². The van der Waals surface area contributed by atoms with E-state index in [9.17, 15) is 4.79 Å². The number of methoxy groups -OCH3 is 2. The van der Waals surface area contributed by atoms with E-state index in [0.717, 1.165) is 18.1 Å². The van der Waals surface area contributed by atoms with E-state index in [1.54, 1.807) is 14.2 Å². The summed E-state index contributed by atoms with van der Waals surface area (Å²) in [6.45, 7) is 4.08. The molecule has 1 aromatic carbocycles. The number of rotatable bonds is 5. The minimum atomic E-state index is -0.153. The summed E-state index contributed by atoms with van der Waals surface area (Å²) < 4.78 is 10.5. The van der Waals surface area contributed by atoms with Crippen LogP contribution in [0.2, 0.25) is 0 Å². The van der Waals surface area contributed by atoms with Crippen LogP contribution in [0.5, 0.6) is 0 Å². The van der Waals surface area contributed by atoms with Gasteiger partial charge in [0, 0.05) is 33.8 Å². The maximum atomic E-state index is 11.8. The Labute approximate surface area is 143 Å². The number of hydrogen-bond acceptors (Lipinski definition) is 4. The highest BCUT2D eigenvalue weighted by Crippen LogP contribution is 2.24. The molecule has 0 spiro atoms. The first-order chi connectivity index (χ1) is 11.6. The number of ether oxygens (including phenoxy) is 2. The van der Waals surface area contributed by atoms with Crippen molar-refractivity contribution >= 4 is 11.9 Å². The van der Waals surface area contributed by atoms with E-state index in [1.807, 2.05) is 30.3 Å². The van der Waals surface area contributed by atoms with Crippen LogP contribution < -0.4 is 5.32 Å². The van der Waals surface area contributed by atoms with Crippen LogP contribution in [0.4, 0.5) is 0 Å². The third-order valence-electron chi connectivity index (χ3n) is 4.53. The zero-order valence-electron chi connectivity index (χ0n) is 14.9. The molecule has 1 saturated heterocycles. The third-order valence-corrected chi connectivity index (χ3v) is 4.53. The Morgan fingerprint density at radius 1 is 1.33 bits per heavy atom. The lowest BCUT2D eigenvalue weighted by Gasteiger charge is -2.24.